The Morgan fingerprint density at radius 2 is 1.79 bits per heavy atom. The topological polar surface area (TPSA) is 80.1 Å². The maximum Gasteiger partial charge on any atom is 0.323 e. The third-order valence-corrected chi connectivity index (χ3v) is 5.94. The minimum absolute atomic E-state index is 0.233. The molecule has 2 aliphatic rings. The van der Waals surface area contributed by atoms with Gasteiger partial charge >= 0.3 is 6.03 Å². The molecule has 0 atom stereocenters. The van der Waals surface area contributed by atoms with Crippen LogP contribution < -0.4 is 10.6 Å². The average Bonchev–Trinajstić information content (AvgIpc) is 3.17. The number of aryl methyl sites for hydroxylation is 1. The van der Waals surface area contributed by atoms with Crippen molar-refractivity contribution in [2.24, 2.45) is 0 Å². The van der Waals surface area contributed by atoms with Gasteiger partial charge in [0.05, 0.1) is 0 Å². The number of hydrogen-bond acceptors (Lipinski definition) is 4. The standard InChI is InChI=1S/C23H24N4O2/c28-23(25-20-10-4-6-15-5-1-2-9-19(15)20)24-18-13-11-16(12-14-18)21-26-22(29-27-21)17-7-3-8-17/h4,6,10-14,17H,1-3,5,7-9H2,(H2,24,25,28). The molecule has 148 valence electrons. The first-order valence-corrected chi connectivity index (χ1v) is 10.4. The summed E-state index contributed by atoms with van der Waals surface area (Å²) in [4.78, 5) is 17.0. The predicted molar refractivity (Wildman–Crippen MR) is 112 cm³/mol. The SMILES string of the molecule is O=C(Nc1ccc(-c2noc(C3CCC3)n2)cc1)Nc1cccc2c1CCCC2. The van der Waals surface area contributed by atoms with Gasteiger partial charge < -0.3 is 15.2 Å². The summed E-state index contributed by atoms with van der Waals surface area (Å²) in [5.74, 6) is 1.75. The number of amides is 2. The minimum atomic E-state index is -0.233. The lowest BCUT2D eigenvalue weighted by atomic mass is 9.85. The van der Waals surface area contributed by atoms with Crippen molar-refractivity contribution in [2.75, 3.05) is 10.6 Å². The first-order chi connectivity index (χ1) is 14.3. The first-order valence-electron chi connectivity index (χ1n) is 10.4. The van der Waals surface area contributed by atoms with Gasteiger partial charge in [-0.1, -0.05) is 23.7 Å². The molecule has 0 saturated heterocycles. The highest BCUT2D eigenvalue weighted by Crippen LogP contribution is 2.36. The van der Waals surface area contributed by atoms with E-state index in [1.807, 2.05) is 36.4 Å². The summed E-state index contributed by atoms with van der Waals surface area (Å²) in [7, 11) is 0. The van der Waals surface area contributed by atoms with Gasteiger partial charge in [0.15, 0.2) is 0 Å². The Morgan fingerprint density at radius 1 is 0.966 bits per heavy atom. The molecule has 2 aliphatic carbocycles. The molecule has 2 N–H and O–H groups in total. The summed E-state index contributed by atoms with van der Waals surface area (Å²) < 4.78 is 5.39. The van der Waals surface area contributed by atoms with E-state index in [4.69, 9.17) is 4.52 Å². The van der Waals surface area contributed by atoms with Crippen LogP contribution in [0, 0.1) is 0 Å². The maximum absolute atomic E-state index is 12.5. The summed E-state index contributed by atoms with van der Waals surface area (Å²) in [6, 6.07) is 13.4. The number of nitrogens with zero attached hydrogens (tertiary/aromatic N) is 2. The molecule has 0 bridgehead atoms. The molecule has 29 heavy (non-hydrogen) atoms. The largest absolute Gasteiger partial charge is 0.339 e. The molecule has 0 spiro atoms. The van der Waals surface area contributed by atoms with E-state index in [-0.39, 0.29) is 6.03 Å². The second-order valence-corrected chi connectivity index (χ2v) is 7.89. The van der Waals surface area contributed by atoms with Crippen LogP contribution in [-0.2, 0) is 12.8 Å². The van der Waals surface area contributed by atoms with Crippen molar-refractivity contribution < 1.29 is 9.32 Å². The Kier molecular flexibility index (Phi) is 4.76. The fraction of sp³-hybridized carbons (Fsp3) is 0.348. The fourth-order valence-corrected chi connectivity index (χ4v) is 4.06. The van der Waals surface area contributed by atoms with Gasteiger partial charge in [-0.15, -0.1) is 0 Å². The van der Waals surface area contributed by atoms with Crippen LogP contribution in [0.3, 0.4) is 0 Å². The summed E-state index contributed by atoms with van der Waals surface area (Å²) in [5.41, 5.74) is 5.12. The van der Waals surface area contributed by atoms with Gasteiger partial charge in [-0.3, -0.25) is 0 Å². The van der Waals surface area contributed by atoms with Gasteiger partial charge in [-0.05, 0) is 80.0 Å². The molecule has 1 heterocycles. The van der Waals surface area contributed by atoms with Crippen LogP contribution in [0.15, 0.2) is 47.0 Å². The highest BCUT2D eigenvalue weighted by atomic mass is 16.5. The van der Waals surface area contributed by atoms with Crippen molar-refractivity contribution in [2.45, 2.75) is 50.9 Å². The van der Waals surface area contributed by atoms with E-state index in [1.165, 1.54) is 30.4 Å². The predicted octanol–water partition coefficient (Wildman–Crippen LogP) is 5.53. The molecule has 5 rings (SSSR count). The minimum Gasteiger partial charge on any atom is -0.339 e. The number of carbonyl (C=O) groups is 1. The molecule has 2 amide bonds. The van der Waals surface area contributed by atoms with E-state index in [0.29, 0.717) is 11.7 Å². The van der Waals surface area contributed by atoms with Crippen molar-refractivity contribution in [3.05, 3.63) is 59.5 Å². The second-order valence-electron chi connectivity index (χ2n) is 7.89. The van der Waals surface area contributed by atoms with Crippen LogP contribution in [-0.4, -0.2) is 16.2 Å². The molecule has 2 aromatic carbocycles. The van der Waals surface area contributed by atoms with E-state index >= 15 is 0 Å². The smallest absolute Gasteiger partial charge is 0.323 e. The number of fused-ring (bicyclic) bond motifs is 1. The number of aromatic nitrogens is 2. The Balaban J connectivity index is 1.24. The summed E-state index contributed by atoms with van der Waals surface area (Å²) in [5, 5.41) is 10.00. The third kappa shape index (κ3) is 3.75. The number of carbonyl (C=O) groups excluding carboxylic acids is 1. The van der Waals surface area contributed by atoms with Crippen molar-refractivity contribution >= 4 is 17.4 Å². The van der Waals surface area contributed by atoms with E-state index in [0.717, 1.165) is 48.5 Å². The molecule has 1 fully saturated rings. The molecule has 6 nitrogen and oxygen atoms in total. The maximum atomic E-state index is 12.5. The zero-order chi connectivity index (χ0) is 19.6. The molecular formula is C23H24N4O2. The van der Waals surface area contributed by atoms with Crippen LogP contribution in [0.1, 0.15) is 55.0 Å². The Labute approximate surface area is 169 Å². The average molecular weight is 388 g/mol. The van der Waals surface area contributed by atoms with Crippen LogP contribution in [0.5, 0.6) is 0 Å². The number of rotatable bonds is 4. The molecule has 6 heteroatoms. The number of hydrogen-bond donors (Lipinski definition) is 2. The monoisotopic (exact) mass is 388 g/mol. The van der Waals surface area contributed by atoms with E-state index < -0.39 is 0 Å². The molecule has 1 aromatic heterocycles. The van der Waals surface area contributed by atoms with E-state index in [9.17, 15) is 4.79 Å². The quantitative estimate of drug-likeness (QED) is 0.616. The van der Waals surface area contributed by atoms with Crippen molar-refractivity contribution in [3.8, 4) is 11.4 Å². The summed E-state index contributed by atoms with van der Waals surface area (Å²) in [6.45, 7) is 0. The van der Waals surface area contributed by atoms with Gasteiger partial charge in [0.1, 0.15) is 0 Å². The van der Waals surface area contributed by atoms with Crippen LogP contribution in [0.25, 0.3) is 11.4 Å². The number of nitrogens with one attached hydrogen (secondary N) is 2. The zero-order valence-corrected chi connectivity index (χ0v) is 16.3. The van der Waals surface area contributed by atoms with Crippen LogP contribution in [0.4, 0.5) is 16.2 Å². The van der Waals surface area contributed by atoms with Crippen molar-refractivity contribution in [1.29, 1.82) is 0 Å². The normalized spacial score (nSPS) is 16.0. The lowest BCUT2D eigenvalue weighted by Gasteiger charge is -2.20. The second kappa shape index (κ2) is 7.70. The van der Waals surface area contributed by atoms with Crippen molar-refractivity contribution in [1.82, 2.24) is 10.1 Å². The zero-order valence-electron chi connectivity index (χ0n) is 16.3. The van der Waals surface area contributed by atoms with E-state index in [2.05, 4.69) is 26.8 Å². The third-order valence-electron chi connectivity index (χ3n) is 5.94. The molecule has 0 radical (unpaired) electrons. The van der Waals surface area contributed by atoms with Gasteiger partial charge in [0, 0.05) is 22.9 Å². The lowest BCUT2D eigenvalue weighted by Crippen LogP contribution is -2.21. The van der Waals surface area contributed by atoms with Crippen LogP contribution in [0.2, 0.25) is 0 Å². The summed E-state index contributed by atoms with van der Waals surface area (Å²) >= 11 is 0. The molecule has 0 aliphatic heterocycles. The number of anilines is 2. The van der Waals surface area contributed by atoms with Crippen molar-refractivity contribution in [3.63, 3.8) is 0 Å². The van der Waals surface area contributed by atoms with Gasteiger partial charge in [0.25, 0.3) is 0 Å². The Hall–Kier alpha value is -3.15. The number of urea groups is 1. The summed E-state index contributed by atoms with van der Waals surface area (Å²) in [6.07, 6.45) is 8.00. The highest BCUT2D eigenvalue weighted by molar-refractivity contribution is 6.00. The first kappa shape index (κ1) is 17.9. The van der Waals surface area contributed by atoms with E-state index in [1.54, 1.807) is 0 Å². The Bertz CT molecular complexity index is 1020. The fourth-order valence-electron chi connectivity index (χ4n) is 4.06. The van der Waals surface area contributed by atoms with Gasteiger partial charge in [-0.25, -0.2) is 4.79 Å². The molecular weight excluding hydrogens is 364 g/mol. The van der Waals surface area contributed by atoms with Gasteiger partial charge in [-0.2, -0.15) is 4.98 Å². The molecule has 3 aromatic rings. The van der Waals surface area contributed by atoms with Crippen LogP contribution >= 0.6 is 0 Å². The molecule has 1 saturated carbocycles. The lowest BCUT2D eigenvalue weighted by molar-refractivity contribution is 0.262. The van der Waals surface area contributed by atoms with Gasteiger partial charge in [0.2, 0.25) is 11.7 Å². The number of benzene rings is 2. The Morgan fingerprint density at radius 3 is 2.59 bits per heavy atom. The molecule has 0 unspecified atom stereocenters. The highest BCUT2D eigenvalue weighted by Gasteiger charge is 2.25.